The molecule has 0 spiro atoms. The van der Waals surface area contributed by atoms with Gasteiger partial charge in [-0.05, 0) is 4.57 Å². The maximum absolute atomic E-state index is 9.86. The third-order valence-electron chi connectivity index (χ3n) is 0.363. The van der Waals surface area contributed by atoms with Crippen LogP contribution in [0.15, 0.2) is 12.7 Å². The van der Waals surface area contributed by atoms with Crippen LogP contribution in [-0.2, 0) is 9.36 Å². The third-order valence-corrected chi connectivity index (χ3v) is 0.923. The zero-order chi connectivity index (χ0) is 5.86. The molecule has 0 aromatic carbocycles. The number of hydrogen-bond acceptors (Lipinski definition) is 2. The highest BCUT2D eigenvalue weighted by atomic mass is 31.1. The van der Waals surface area contributed by atoms with Gasteiger partial charge in [0.05, 0.1) is 0 Å². The molecule has 0 aromatic heterocycles. The fourth-order valence-corrected chi connectivity index (χ4v) is 0.234. The molecule has 1 atom stereocenters. The molecule has 38 valence electrons. The van der Waals surface area contributed by atoms with E-state index >= 15 is 0 Å². The van der Waals surface area contributed by atoms with Gasteiger partial charge in [-0.25, -0.2) is 4.79 Å². The van der Waals surface area contributed by atoms with Crippen molar-refractivity contribution in [3.63, 3.8) is 0 Å². The van der Waals surface area contributed by atoms with Crippen molar-refractivity contribution < 1.29 is 14.3 Å². The summed E-state index contributed by atoms with van der Waals surface area (Å²) >= 11 is 0. The highest BCUT2D eigenvalue weighted by Gasteiger charge is 2.19. The Kier molecular flexibility index (Phi) is 2.41. The Balaban J connectivity index is 3.81. The highest BCUT2D eigenvalue weighted by Crippen LogP contribution is 2.13. The number of rotatable bonds is 2. The van der Waals surface area contributed by atoms with Crippen molar-refractivity contribution in [1.82, 2.24) is 0 Å². The first-order valence-corrected chi connectivity index (χ1v) is 2.72. The number of hydrogen-bond donors (Lipinski definition) is 1. The Morgan fingerprint density at radius 3 is 2.29 bits per heavy atom. The second kappa shape index (κ2) is 2.61. The van der Waals surface area contributed by atoms with Crippen LogP contribution in [0.5, 0.6) is 0 Å². The van der Waals surface area contributed by atoms with E-state index in [-0.39, 0.29) is 0 Å². The summed E-state index contributed by atoms with van der Waals surface area (Å²) in [6, 6.07) is 0. The summed E-state index contributed by atoms with van der Waals surface area (Å²) in [6.45, 7) is 2.99. The van der Waals surface area contributed by atoms with Crippen molar-refractivity contribution in [1.29, 1.82) is 0 Å². The van der Waals surface area contributed by atoms with E-state index in [1.165, 1.54) is 0 Å². The molecule has 1 unspecified atom stereocenters. The fourth-order valence-electron chi connectivity index (χ4n) is 0.0781. The van der Waals surface area contributed by atoms with E-state index < -0.39 is 13.6 Å². The van der Waals surface area contributed by atoms with Crippen LogP contribution in [0.4, 0.5) is 0 Å². The highest BCUT2D eigenvalue weighted by molar-refractivity contribution is 7.58. The van der Waals surface area contributed by atoms with Gasteiger partial charge in [-0.2, -0.15) is 4.89 Å². The van der Waals surface area contributed by atoms with Crippen LogP contribution >= 0.6 is 8.03 Å². The zero-order valence-corrected chi connectivity index (χ0v) is 4.39. The molecule has 7 heavy (non-hydrogen) atoms. The van der Waals surface area contributed by atoms with E-state index in [9.17, 15) is 9.36 Å². The monoisotopic (exact) mass is 119 g/mol. The first-order chi connectivity index (χ1) is 3.18. The lowest BCUT2D eigenvalue weighted by Gasteiger charge is -1.59. The SMILES string of the molecule is C=CC(=O)[P+](=O)O. The smallest absolute Gasteiger partial charge is 0.231 e. The fraction of sp³-hybridized carbons (Fsp3) is 0. The summed E-state index contributed by atoms with van der Waals surface area (Å²) in [5, 5.41) is 0. The van der Waals surface area contributed by atoms with Crippen LogP contribution in [-0.4, -0.2) is 10.4 Å². The summed E-state index contributed by atoms with van der Waals surface area (Å²) < 4.78 is 9.66. The minimum atomic E-state index is -2.67. The van der Waals surface area contributed by atoms with Crippen molar-refractivity contribution in [2.75, 3.05) is 0 Å². The molecule has 0 aromatic rings. The maximum Gasteiger partial charge on any atom is 0.589 e. The lowest BCUT2D eigenvalue weighted by molar-refractivity contribution is -0.108. The maximum atomic E-state index is 9.86. The second-order valence-electron chi connectivity index (χ2n) is 0.815. The van der Waals surface area contributed by atoms with Gasteiger partial charge < -0.3 is 0 Å². The van der Waals surface area contributed by atoms with Crippen molar-refractivity contribution >= 4 is 13.6 Å². The summed E-state index contributed by atoms with van der Waals surface area (Å²) in [5.74, 6) is 0. The molecule has 0 bridgehead atoms. The molecule has 3 nitrogen and oxygen atoms in total. The molecule has 0 saturated carbocycles. The van der Waals surface area contributed by atoms with E-state index in [1.807, 2.05) is 0 Å². The Labute approximate surface area is 41.5 Å². The molecule has 1 N–H and O–H groups in total. The predicted molar refractivity (Wildman–Crippen MR) is 25.0 cm³/mol. The van der Waals surface area contributed by atoms with Gasteiger partial charge in [-0.3, -0.25) is 0 Å². The van der Waals surface area contributed by atoms with E-state index in [0.29, 0.717) is 0 Å². The minimum absolute atomic E-state index is 0.818. The van der Waals surface area contributed by atoms with Gasteiger partial charge in [0.15, 0.2) is 0 Å². The van der Waals surface area contributed by atoms with Gasteiger partial charge in [0.1, 0.15) is 0 Å². The predicted octanol–water partition coefficient (Wildman–Crippen LogP) is 0.434. The molecule has 0 radical (unpaired) electrons. The van der Waals surface area contributed by atoms with Crippen LogP contribution in [0.2, 0.25) is 0 Å². The van der Waals surface area contributed by atoms with Crippen molar-refractivity contribution in [3.05, 3.63) is 12.7 Å². The minimum Gasteiger partial charge on any atom is -0.231 e. The van der Waals surface area contributed by atoms with Crippen molar-refractivity contribution in [2.45, 2.75) is 0 Å². The molecular weight excluding hydrogens is 115 g/mol. The van der Waals surface area contributed by atoms with E-state index in [2.05, 4.69) is 6.58 Å². The lowest BCUT2D eigenvalue weighted by atomic mass is 10.7. The Morgan fingerprint density at radius 1 is 1.86 bits per heavy atom. The third kappa shape index (κ3) is 2.20. The summed E-state index contributed by atoms with van der Waals surface area (Å²) in [4.78, 5) is 17.8. The molecule has 4 heteroatoms. The molecule has 0 rings (SSSR count). The second-order valence-corrected chi connectivity index (χ2v) is 1.80. The number of carbonyl (C=O) groups is 1. The standard InChI is InChI=1S/C3H3O3P/c1-2-3(4)7(5)6/h2H,1H2/p+1. The quantitative estimate of drug-likeness (QED) is 0.423. The first kappa shape index (κ1) is 6.47. The summed E-state index contributed by atoms with van der Waals surface area (Å²) in [5.41, 5.74) is -0.824. The van der Waals surface area contributed by atoms with Crippen LogP contribution in [0.25, 0.3) is 0 Å². The van der Waals surface area contributed by atoms with E-state index in [4.69, 9.17) is 4.89 Å². The normalized spacial score (nSPS) is 10.1. The van der Waals surface area contributed by atoms with Crippen molar-refractivity contribution in [2.24, 2.45) is 0 Å². The molecule has 0 aliphatic heterocycles. The topological polar surface area (TPSA) is 54.4 Å². The van der Waals surface area contributed by atoms with Gasteiger partial charge in [-0.1, -0.05) is 6.58 Å². The summed E-state index contributed by atoms with van der Waals surface area (Å²) in [6.07, 6.45) is 0.818. The molecule has 0 heterocycles. The van der Waals surface area contributed by atoms with Gasteiger partial charge in [0, 0.05) is 6.08 Å². The van der Waals surface area contributed by atoms with Gasteiger partial charge in [-0.15, -0.1) is 0 Å². The van der Waals surface area contributed by atoms with Crippen LogP contribution < -0.4 is 0 Å². The van der Waals surface area contributed by atoms with Gasteiger partial charge in [0.2, 0.25) is 0 Å². The average Bonchev–Trinajstić information content (AvgIpc) is 1.65. The van der Waals surface area contributed by atoms with Crippen LogP contribution in [0.3, 0.4) is 0 Å². The molecular formula is C3H4O3P+. The van der Waals surface area contributed by atoms with Gasteiger partial charge >= 0.3 is 13.6 Å². The number of allylic oxidation sites excluding steroid dienone is 1. The molecule has 0 saturated heterocycles. The average molecular weight is 119 g/mol. The molecule has 0 aliphatic carbocycles. The largest absolute Gasteiger partial charge is 0.589 e. The number of carbonyl (C=O) groups excluding carboxylic acids is 1. The van der Waals surface area contributed by atoms with Gasteiger partial charge in [0.25, 0.3) is 0 Å². The zero-order valence-electron chi connectivity index (χ0n) is 3.50. The Bertz CT molecular complexity index is 117. The van der Waals surface area contributed by atoms with Crippen LogP contribution in [0.1, 0.15) is 0 Å². The Hall–Kier alpha value is -0.530. The van der Waals surface area contributed by atoms with E-state index in [1.54, 1.807) is 0 Å². The molecule has 0 amide bonds. The molecule has 0 aliphatic rings. The van der Waals surface area contributed by atoms with Crippen molar-refractivity contribution in [3.8, 4) is 0 Å². The lowest BCUT2D eigenvalue weighted by Crippen LogP contribution is -1.78. The summed E-state index contributed by atoms with van der Waals surface area (Å²) in [7, 11) is -2.67. The van der Waals surface area contributed by atoms with E-state index in [0.717, 1.165) is 6.08 Å². The Morgan fingerprint density at radius 2 is 2.29 bits per heavy atom. The molecule has 0 fully saturated rings. The first-order valence-electron chi connectivity index (χ1n) is 1.51. The van der Waals surface area contributed by atoms with Crippen LogP contribution in [0, 0.1) is 0 Å².